The molecule has 0 atom stereocenters. The van der Waals surface area contributed by atoms with Gasteiger partial charge < -0.3 is 10.4 Å². The Hall–Kier alpha value is -2.63. The Morgan fingerprint density at radius 1 is 1.08 bits per heavy atom. The van der Waals surface area contributed by atoms with Gasteiger partial charge in [0.25, 0.3) is 5.91 Å². The second-order valence-corrected chi connectivity index (χ2v) is 7.75. The van der Waals surface area contributed by atoms with Gasteiger partial charge in [-0.05, 0) is 37.6 Å². The second kappa shape index (κ2) is 6.35. The van der Waals surface area contributed by atoms with Crippen LogP contribution in [0.3, 0.4) is 0 Å². The van der Waals surface area contributed by atoms with Crippen LogP contribution in [0.15, 0.2) is 30.3 Å². The van der Waals surface area contributed by atoms with Gasteiger partial charge in [-0.25, -0.2) is 0 Å². The Bertz CT molecular complexity index is 796. The molecule has 0 spiro atoms. The fourth-order valence-corrected chi connectivity index (χ4v) is 2.34. The SMILES string of the molecule is Cn1nc(C(C)(C)C)cc1C(=O)Nc1ccc(C(C)(C)C(=O)O)cc1. The van der Waals surface area contributed by atoms with Crippen molar-refractivity contribution in [2.45, 2.75) is 45.4 Å². The van der Waals surface area contributed by atoms with Gasteiger partial charge in [0.05, 0.1) is 11.1 Å². The maximum absolute atomic E-state index is 12.5. The van der Waals surface area contributed by atoms with Gasteiger partial charge >= 0.3 is 5.97 Å². The van der Waals surface area contributed by atoms with Gasteiger partial charge in [0.2, 0.25) is 0 Å². The number of nitrogens with one attached hydrogen (secondary N) is 1. The lowest BCUT2D eigenvalue weighted by Gasteiger charge is -2.19. The Morgan fingerprint density at radius 3 is 2.08 bits per heavy atom. The standard InChI is InChI=1S/C19H25N3O3/c1-18(2,3)15-11-14(22(6)21-15)16(23)20-13-9-7-12(8-10-13)19(4,5)17(24)25/h7-11H,1-6H3,(H,20,23)(H,24,25). The van der Waals surface area contributed by atoms with Gasteiger partial charge in [-0.2, -0.15) is 5.10 Å². The number of anilines is 1. The number of aliphatic carboxylic acids is 1. The van der Waals surface area contributed by atoms with E-state index < -0.39 is 11.4 Å². The molecule has 1 heterocycles. The first kappa shape index (κ1) is 18.7. The van der Waals surface area contributed by atoms with E-state index >= 15 is 0 Å². The molecule has 0 aliphatic heterocycles. The maximum Gasteiger partial charge on any atom is 0.313 e. The molecule has 0 fully saturated rings. The van der Waals surface area contributed by atoms with Gasteiger partial charge in [0.15, 0.2) is 0 Å². The molecule has 6 nitrogen and oxygen atoms in total. The zero-order valence-electron chi connectivity index (χ0n) is 15.5. The molecule has 6 heteroatoms. The average Bonchev–Trinajstić information content (AvgIpc) is 2.90. The van der Waals surface area contributed by atoms with Crippen LogP contribution >= 0.6 is 0 Å². The summed E-state index contributed by atoms with van der Waals surface area (Å²) in [6.07, 6.45) is 0. The Morgan fingerprint density at radius 2 is 1.64 bits per heavy atom. The second-order valence-electron chi connectivity index (χ2n) is 7.75. The van der Waals surface area contributed by atoms with Crippen molar-refractivity contribution in [1.29, 1.82) is 0 Å². The number of nitrogens with zero attached hydrogens (tertiary/aromatic N) is 2. The van der Waals surface area contributed by atoms with Crippen LogP contribution in [0, 0.1) is 0 Å². The van der Waals surface area contributed by atoms with Crippen LogP contribution in [0.4, 0.5) is 5.69 Å². The van der Waals surface area contributed by atoms with E-state index in [9.17, 15) is 14.7 Å². The highest BCUT2D eigenvalue weighted by atomic mass is 16.4. The number of aryl methyl sites for hydroxylation is 1. The van der Waals surface area contributed by atoms with Crippen molar-refractivity contribution in [1.82, 2.24) is 9.78 Å². The minimum atomic E-state index is -0.980. The molecule has 0 unspecified atom stereocenters. The van der Waals surface area contributed by atoms with E-state index in [1.54, 1.807) is 55.9 Å². The van der Waals surface area contributed by atoms with E-state index in [1.807, 2.05) is 20.8 Å². The summed E-state index contributed by atoms with van der Waals surface area (Å²) in [4.78, 5) is 23.8. The highest BCUT2D eigenvalue weighted by Crippen LogP contribution is 2.25. The summed E-state index contributed by atoms with van der Waals surface area (Å²) < 4.78 is 1.57. The van der Waals surface area contributed by atoms with Crippen molar-refractivity contribution in [3.8, 4) is 0 Å². The van der Waals surface area contributed by atoms with Crippen LogP contribution in [-0.4, -0.2) is 26.8 Å². The molecular weight excluding hydrogens is 318 g/mol. The summed E-state index contributed by atoms with van der Waals surface area (Å²) in [5, 5.41) is 16.5. The van der Waals surface area contributed by atoms with Crippen LogP contribution in [0.25, 0.3) is 0 Å². The van der Waals surface area contributed by atoms with E-state index in [0.29, 0.717) is 16.9 Å². The van der Waals surface area contributed by atoms with Gasteiger partial charge in [-0.15, -0.1) is 0 Å². The molecule has 2 N–H and O–H groups in total. The average molecular weight is 343 g/mol. The lowest BCUT2D eigenvalue weighted by molar-refractivity contribution is -0.142. The highest BCUT2D eigenvalue weighted by Gasteiger charge is 2.29. The molecule has 2 rings (SSSR count). The van der Waals surface area contributed by atoms with Crippen molar-refractivity contribution in [2.75, 3.05) is 5.32 Å². The first-order valence-electron chi connectivity index (χ1n) is 8.12. The summed E-state index contributed by atoms with van der Waals surface area (Å²) in [5.41, 5.74) is 1.48. The number of benzene rings is 1. The summed E-state index contributed by atoms with van der Waals surface area (Å²) >= 11 is 0. The number of hydrogen-bond donors (Lipinski definition) is 2. The zero-order chi connectivity index (χ0) is 19.0. The number of amides is 1. The number of carbonyl (C=O) groups excluding carboxylic acids is 1. The molecule has 0 saturated carbocycles. The fraction of sp³-hybridized carbons (Fsp3) is 0.421. The Labute approximate surface area is 147 Å². The highest BCUT2D eigenvalue weighted by molar-refractivity contribution is 6.03. The quantitative estimate of drug-likeness (QED) is 0.892. The van der Waals surface area contributed by atoms with E-state index in [-0.39, 0.29) is 11.3 Å². The Balaban J connectivity index is 2.19. The lowest BCUT2D eigenvalue weighted by atomic mass is 9.85. The van der Waals surface area contributed by atoms with Crippen LogP contribution in [0.5, 0.6) is 0 Å². The molecule has 0 bridgehead atoms. The predicted octanol–water partition coefficient (Wildman–Crippen LogP) is 3.33. The minimum absolute atomic E-state index is 0.139. The van der Waals surface area contributed by atoms with E-state index in [0.717, 1.165) is 5.69 Å². The number of rotatable bonds is 4. The summed E-state index contributed by atoms with van der Waals surface area (Å²) in [6.45, 7) is 9.42. The van der Waals surface area contributed by atoms with E-state index in [1.165, 1.54) is 0 Å². The number of carboxylic acid groups (broad SMARTS) is 1. The van der Waals surface area contributed by atoms with E-state index in [4.69, 9.17) is 0 Å². The van der Waals surface area contributed by atoms with Crippen LogP contribution in [0.2, 0.25) is 0 Å². The summed E-state index contributed by atoms with van der Waals surface area (Å²) in [6, 6.07) is 8.64. The molecule has 0 radical (unpaired) electrons. The minimum Gasteiger partial charge on any atom is -0.481 e. The van der Waals surface area contributed by atoms with Gasteiger partial charge in [-0.1, -0.05) is 32.9 Å². The number of aromatic nitrogens is 2. The molecule has 1 amide bonds. The molecule has 2 aromatic rings. The van der Waals surface area contributed by atoms with Crippen LogP contribution in [-0.2, 0) is 22.7 Å². The molecule has 1 aromatic carbocycles. The lowest BCUT2D eigenvalue weighted by Crippen LogP contribution is -2.28. The van der Waals surface area contributed by atoms with Gasteiger partial charge in [0.1, 0.15) is 5.69 Å². The molecule has 0 aliphatic carbocycles. The topological polar surface area (TPSA) is 84.2 Å². The summed E-state index contributed by atoms with van der Waals surface area (Å²) in [7, 11) is 1.74. The Kier molecular flexibility index (Phi) is 4.75. The number of hydrogen-bond acceptors (Lipinski definition) is 3. The maximum atomic E-state index is 12.5. The predicted molar refractivity (Wildman–Crippen MR) is 97.0 cm³/mol. The normalized spacial score (nSPS) is 12.1. The molecule has 0 aliphatic rings. The third-order valence-corrected chi connectivity index (χ3v) is 4.28. The molecule has 1 aromatic heterocycles. The van der Waals surface area contributed by atoms with Gasteiger partial charge in [0, 0.05) is 18.2 Å². The van der Waals surface area contributed by atoms with E-state index in [2.05, 4.69) is 10.4 Å². The van der Waals surface area contributed by atoms with Crippen LogP contribution in [0.1, 0.15) is 56.4 Å². The smallest absolute Gasteiger partial charge is 0.313 e. The largest absolute Gasteiger partial charge is 0.481 e. The van der Waals surface area contributed by atoms with Crippen molar-refractivity contribution >= 4 is 17.6 Å². The summed E-state index contributed by atoms with van der Waals surface area (Å²) in [5.74, 6) is -1.15. The first-order valence-corrected chi connectivity index (χ1v) is 8.12. The monoisotopic (exact) mass is 343 g/mol. The van der Waals surface area contributed by atoms with Crippen molar-refractivity contribution in [3.63, 3.8) is 0 Å². The number of carboxylic acids is 1. The number of carbonyl (C=O) groups is 2. The molecule has 25 heavy (non-hydrogen) atoms. The third kappa shape index (κ3) is 3.90. The third-order valence-electron chi connectivity index (χ3n) is 4.28. The van der Waals surface area contributed by atoms with Gasteiger partial charge in [-0.3, -0.25) is 14.3 Å². The zero-order valence-corrected chi connectivity index (χ0v) is 15.5. The molecule has 0 saturated heterocycles. The van der Waals surface area contributed by atoms with Crippen molar-refractivity contribution < 1.29 is 14.7 Å². The van der Waals surface area contributed by atoms with Crippen molar-refractivity contribution in [3.05, 3.63) is 47.3 Å². The molecular formula is C19H25N3O3. The van der Waals surface area contributed by atoms with Crippen LogP contribution < -0.4 is 5.32 Å². The molecule has 134 valence electrons. The fourth-order valence-electron chi connectivity index (χ4n) is 2.34. The first-order chi connectivity index (χ1) is 11.4. The van der Waals surface area contributed by atoms with Crippen molar-refractivity contribution in [2.24, 2.45) is 7.05 Å².